The highest BCUT2D eigenvalue weighted by molar-refractivity contribution is 6.32. The first-order chi connectivity index (χ1) is 18.6. The molecular weight excluding hydrogens is 514 g/mol. The molecule has 0 amide bonds. The molecular formula is C29H32ClN7O2. The summed E-state index contributed by atoms with van der Waals surface area (Å²) in [6, 6.07) is 12.0. The van der Waals surface area contributed by atoms with E-state index in [1.807, 2.05) is 36.5 Å². The van der Waals surface area contributed by atoms with Crippen molar-refractivity contribution in [2.24, 2.45) is 11.8 Å². The minimum atomic E-state index is -0.985. The molecule has 1 aliphatic rings. The summed E-state index contributed by atoms with van der Waals surface area (Å²) < 4.78 is 7.48. The molecule has 39 heavy (non-hydrogen) atoms. The van der Waals surface area contributed by atoms with E-state index in [0.717, 1.165) is 35.9 Å². The molecule has 4 aromatic rings. The molecule has 0 radical (unpaired) electrons. The van der Waals surface area contributed by atoms with Crippen LogP contribution in [0.2, 0.25) is 5.02 Å². The van der Waals surface area contributed by atoms with E-state index in [1.165, 1.54) is 0 Å². The van der Waals surface area contributed by atoms with E-state index >= 15 is 0 Å². The van der Waals surface area contributed by atoms with Gasteiger partial charge in [0, 0.05) is 42.7 Å². The van der Waals surface area contributed by atoms with Crippen molar-refractivity contribution in [3.8, 4) is 22.9 Å². The number of halogens is 1. The predicted molar refractivity (Wildman–Crippen MR) is 152 cm³/mol. The van der Waals surface area contributed by atoms with Gasteiger partial charge in [-0.25, -0.2) is 14.5 Å². The molecule has 0 saturated carbocycles. The maximum absolute atomic E-state index is 10.1. The lowest BCUT2D eigenvalue weighted by Gasteiger charge is -2.42. The Bertz CT molecular complexity index is 1500. The van der Waals surface area contributed by atoms with Gasteiger partial charge in [0.2, 0.25) is 0 Å². The number of hydrogen-bond donors (Lipinski definition) is 2. The van der Waals surface area contributed by atoms with Gasteiger partial charge in [0.1, 0.15) is 30.1 Å². The van der Waals surface area contributed by atoms with Crippen molar-refractivity contribution < 1.29 is 9.84 Å². The summed E-state index contributed by atoms with van der Waals surface area (Å²) in [7, 11) is 0. The number of fused-ring (bicyclic) bond motifs is 1. The lowest BCUT2D eigenvalue weighted by Crippen LogP contribution is -2.51. The summed E-state index contributed by atoms with van der Waals surface area (Å²) in [5, 5.41) is 28.3. The Kier molecular flexibility index (Phi) is 7.34. The number of ether oxygens (including phenoxy) is 1. The summed E-state index contributed by atoms with van der Waals surface area (Å²) >= 11 is 6.34. The zero-order valence-corrected chi connectivity index (χ0v) is 23.2. The number of nitrogens with zero attached hydrogens (tertiary/aromatic N) is 6. The number of nitriles is 1. The molecule has 202 valence electrons. The number of hydrogen-bond acceptors (Lipinski definition) is 8. The van der Waals surface area contributed by atoms with Crippen LogP contribution >= 0.6 is 11.6 Å². The van der Waals surface area contributed by atoms with Gasteiger partial charge < -0.3 is 20.1 Å². The van der Waals surface area contributed by atoms with Gasteiger partial charge in [0.15, 0.2) is 0 Å². The van der Waals surface area contributed by atoms with Crippen LogP contribution in [0.4, 0.5) is 11.6 Å². The minimum absolute atomic E-state index is 0.120. The third kappa shape index (κ3) is 5.77. The number of rotatable bonds is 7. The van der Waals surface area contributed by atoms with Crippen molar-refractivity contribution in [3.63, 3.8) is 0 Å². The molecule has 1 saturated heterocycles. The van der Waals surface area contributed by atoms with Crippen LogP contribution in [-0.2, 0) is 0 Å². The molecule has 5 heterocycles. The van der Waals surface area contributed by atoms with Gasteiger partial charge in [0.25, 0.3) is 0 Å². The topological polar surface area (TPSA) is 112 Å². The standard InChI is InChI=1S/C29H32ClN7O2/c1-18-14-36(15-19(2)26(18)35-28-24(30)6-5-9-32-28)25-8-7-20(12-33-25)23-10-22(39-17-29(3,4)38)16-37-27(23)21(11-31)13-34-37/h5-10,12-13,16,18-19,26,38H,14-15,17H2,1-4H3,(H,32,35)/t18-,19+,26?. The Balaban J connectivity index is 1.38. The molecule has 9 nitrogen and oxygen atoms in total. The van der Waals surface area contributed by atoms with Gasteiger partial charge >= 0.3 is 0 Å². The molecule has 0 aromatic carbocycles. The SMILES string of the molecule is C[C@@H]1CN(c2ccc(-c3cc(OCC(C)(C)O)cn4ncc(C#N)c34)cn2)C[C@H](C)C1Nc1ncccc1Cl. The maximum atomic E-state index is 10.1. The molecule has 1 aliphatic heterocycles. The van der Waals surface area contributed by atoms with Crippen LogP contribution in [0.15, 0.2) is 55.1 Å². The van der Waals surface area contributed by atoms with E-state index in [1.54, 1.807) is 37.0 Å². The van der Waals surface area contributed by atoms with Crippen LogP contribution in [0.25, 0.3) is 16.6 Å². The lowest BCUT2D eigenvalue weighted by molar-refractivity contribution is 0.0283. The second-order valence-corrected chi connectivity index (χ2v) is 11.3. The monoisotopic (exact) mass is 545 g/mol. The highest BCUT2D eigenvalue weighted by Gasteiger charge is 2.33. The maximum Gasteiger partial charge on any atom is 0.144 e. The second-order valence-electron chi connectivity index (χ2n) is 10.9. The zero-order chi connectivity index (χ0) is 27.7. The average molecular weight is 546 g/mol. The van der Waals surface area contributed by atoms with Crippen molar-refractivity contribution in [2.75, 3.05) is 29.9 Å². The third-order valence-electron chi connectivity index (χ3n) is 6.99. The predicted octanol–water partition coefficient (Wildman–Crippen LogP) is 5.04. The largest absolute Gasteiger partial charge is 0.489 e. The van der Waals surface area contributed by atoms with Crippen molar-refractivity contribution in [1.29, 1.82) is 5.26 Å². The number of nitrogens with one attached hydrogen (secondary N) is 1. The normalized spacial score (nSPS) is 19.6. The molecule has 5 rings (SSSR count). The van der Waals surface area contributed by atoms with Gasteiger partial charge in [-0.3, -0.25) is 0 Å². The fraction of sp³-hybridized carbons (Fsp3) is 0.379. The molecule has 1 fully saturated rings. The molecule has 0 aliphatic carbocycles. The molecule has 4 aromatic heterocycles. The van der Waals surface area contributed by atoms with Crippen LogP contribution in [0.1, 0.15) is 33.3 Å². The summed E-state index contributed by atoms with van der Waals surface area (Å²) in [4.78, 5) is 11.5. The second kappa shape index (κ2) is 10.7. The number of piperidine rings is 1. The van der Waals surface area contributed by atoms with Crippen LogP contribution in [-0.4, -0.2) is 56.0 Å². The van der Waals surface area contributed by atoms with Crippen LogP contribution in [0.5, 0.6) is 5.75 Å². The van der Waals surface area contributed by atoms with Crippen molar-refractivity contribution in [2.45, 2.75) is 39.3 Å². The van der Waals surface area contributed by atoms with Crippen LogP contribution < -0.4 is 15.0 Å². The van der Waals surface area contributed by atoms with Gasteiger partial charge in [-0.1, -0.05) is 25.4 Å². The van der Waals surface area contributed by atoms with Crippen LogP contribution in [0.3, 0.4) is 0 Å². The fourth-order valence-corrected chi connectivity index (χ4v) is 5.33. The first-order valence-corrected chi connectivity index (χ1v) is 13.4. The molecule has 1 unspecified atom stereocenters. The van der Waals surface area contributed by atoms with Crippen LogP contribution in [0, 0.1) is 23.2 Å². The van der Waals surface area contributed by atoms with E-state index in [2.05, 4.69) is 40.2 Å². The van der Waals surface area contributed by atoms with Gasteiger partial charge in [-0.15, -0.1) is 0 Å². The van der Waals surface area contributed by atoms with Crippen molar-refractivity contribution in [3.05, 3.63) is 65.7 Å². The number of anilines is 2. The summed E-state index contributed by atoms with van der Waals surface area (Å²) in [5.74, 6) is 2.83. The number of aliphatic hydroxyl groups is 1. The quantitative estimate of drug-likeness (QED) is 0.332. The Labute approximate surface area is 233 Å². The third-order valence-corrected chi connectivity index (χ3v) is 7.29. The van der Waals surface area contributed by atoms with Crippen molar-refractivity contribution in [1.82, 2.24) is 19.6 Å². The number of aromatic nitrogens is 4. The molecule has 2 N–H and O–H groups in total. The summed E-state index contributed by atoms with van der Waals surface area (Å²) in [5.41, 5.74) is 1.80. The zero-order valence-electron chi connectivity index (χ0n) is 22.5. The van der Waals surface area contributed by atoms with Gasteiger partial charge in [-0.05, 0) is 56.0 Å². The minimum Gasteiger partial charge on any atom is -0.489 e. The van der Waals surface area contributed by atoms with Crippen molar-refractivity contribution >= 4 is 28.8 Å². The molecule has 3 atom stereocenters. The average Bonchev–Trinajstić information content (AvgIpc) is 3.33. The Morgan fingerprint density at radius 1 is 1.18 bits per heavy atom. The molecule has 10 heteroatoms. The Morgan fingerprint density at radius 3 is 2.59 bits per heavy atom. The smallest absolute Gasteiger partial charge is 0.144 e. The summed E-state index contributed by atoms with van der Waals surface area (Å²) in [6.07, 6.45) is 6.83. The first-order valence-electron chi connectivity index (χ1n) is 13.0. The first kappa shape index (κ1) is 26.7. The van der Waals surface area contributed by atoms with E-state index in [0.29, 0.717) is 33.7 Å². The molecule has 0 spiro atoms. The molecule has 0 bridgehead atoms. The Morgan fingerprint density at radius 2 is 1.95 bits per heavy atom. The van der Waals surface area contributed by atoms with E-state index in [-0.39, 0.29) is 12.6 Å². The van der Waals surface area contributed by atoms with Gasteiger partial charge in [0.05, 0.1) is 34.1 Å². The highest BCUT2D eigenvalue weighted by atomic mass is 35.5. The Hall–Kier alpha value is -3.87. The fourth-order valence-electron chi connectivity index (χ4n) is 5.15. The van der Waals surface area contributed by atoms with E-state index in [9.17, 15) is 10.4 Å². The van der Waals surface area contributed by atoms with E-state index in [4.69, 9.17) is 21.3 Å². The van der Waals surface area contributed by atoms with E-state index < -0.39 is 5.60 Å². The highest BCUT2D eigenvalue weighted by Crippen LogP contribution is 2.33. The summed E-state index contributed by atoms with van der Waals surface area (Å²) in [6.45, 7) is 9.62. The number of pyridine rings is 3. The lowest BCUT2D eigenvalue weighted by atomic mass is 9.85. The van der Waals surface area contributed by atoms with Gasteiger partial charge in [-0.2, -0.15) is 10.4 Å².